The molecule has 3 aromatic rings. The molecule has 0 atom stereocenters. The van der Waals surface area contributed by atoms with Gasteiger partial charge in [0.25, 0.3) is 0 Å². The minimum absolute atomic E-state index is 0.0585. The standard InChI is InChI=1S/C19H20N2OS/c1-12(2)10-18(22)20-15-7-5-14(6-8-15)19-21-16-11-13(3)4-9-17(16)23-19/h4-9,11-12H,10H2,1-3H3,(H,20,22). The van der Waals surface area contributed by atoms with Crippen LogP contribution in [0.5, 0.6) is 0 Å². The summed E-state index contributed by atoms with van der Waals surface area (Å²) in [6.45, 7) is 6.15. The topological polar surface area (TPSA) is 42.0 Å². The van der Waals surface area contributed by atoms with Crippen molar-refractivity contribution in [3.8, 4) is 10.6 Å². The highest BCUT2D eigenvalue weighted by Crippen LogP contribution is 2.31. The molecule has 0 radical (unpaired) electrons. The zero-order chi connectivity index (χ0) is 16.4. The smallest absolute Gasteiger partial charge is 0.224 e. The van der Waals surface area contributed by atoms with Crippen LogP contribution in [0.3, 0.4) is 0 Å². The zero-order valence-corrected chi connectivity index (χ0v) is 14.4. The summed E-state index contributed by atoms with van der Waals surface area (Å²) in [4.78, 5) is 16.5. The molecule has 0 bridgehead atoms. The molecule has 3 rings (SSSR count). The molecule has 0 aliphatic rings. The van der Waals surface area contributed by atoms with Gasteiger partial charge >= 0.3 is 0 Å². The quantitative estimate of drug-likeness (QED) is 0.711. The highest BCUT2D eigenvalue weighted by Gasteiger charge is 2.08. The van der Waals surface area contributed by atoms with Gasteiger partial charge in [-0.25, -0.2) is 4.98 Å². The number of nitrogens with one attached hydrogen (secondary N) is 1. The van der Waals surface area contributed by atoms with Gasteiger partial charge in [0, 0.05) is 17.7 Å². The average Bonchev–Trinajstić information content (AvgIpc) is 2.90. The fourth-order valence-electron chi connectivity index (χ4n) is 2.44. The van der Waals surface area contributed by atoms with Gasteiger partial charge in [-0.05, 0) is 54.8 Å². The molecule has 1 aromatic heterocycles. The third-order valence-electron chi connectivity index (χ3n) is 3.55. The van der Waals surface area contributed by atoms with E-state index >= 15 is 0 Å². The van der Waals surface area contributed by atoms with Crippen LogP contribution in [0.2, 0.25) is 0 Å². The second kappa shape index (κ2) is 6.50. The molecule has 118 valence electrons. The molecule has 0 spiro atoms. The molecule has 0 aliphatic heterocycles. The van der Waals surface area contributed by atoms with Gasteiger partial charge in [0.05, 0.1) is 10.2 Å². The molecular weight excluding hydrogens is 304 g/mol. The van der Waals surface area contributed by atoms with Crippen LogP contribution in [0.15, 0.2) is 42.5 Å². The second-order valence-corrected chi connectivity index (χ2v) is 7.24. The Morgan fingerprint density at radius 1 is 1.17 bits per heavy atom. The highest BCUT2D eigenvalue weighted by atomic mass is 32.1. The number of thiazole rings is 1. The van der Waals surface area contributed by atoms with E-state index in [0.29, 0.717) is 12.3 Å². The van der Waals surface area contributed by atoms with Gasteiger partial charge in [0.1, 0.15) is 5.01 Å². The molecule has 0 saturated carbocycles. The fraction of sp³-hybridized carbons (Fsp3) is 0.263. The average molecular weight is 324 g/mol. The number of aromatic nitrogens is 1. The first-order valence-electron chi connectivity index (χ1n) is 7.79. The first-order valence-corrected chi connectivity index (χ1v) is 8.60. The summed E-state index contributed by atoms with van der Waals surface area (Å²) in [6, 6.07) is 14.2. The van der Waals surface area contributed by atoms with Gasteiger partial charge in [0.15, 0.2) is 0 Å². The molecule has 4 heteroatoms. The molecule has 1 N–H and O–H groups in total. The lowest BCUT2D eigenvalue weighted by Crippen LogP contribution is -2.13. The van der Waals surface area contributed by atoms with E-state index in [9.17, 15) is 4.79 Å². The Balaban J connectivity index is 1.79. The Morgan fingerprint density at radius 3 is 2.61 bits per heavy atom. The number of benzene rings is 2. The maximum Gasteiger partial charge on any atom is 0.224 e. The van der Waals surface area contributed by atoms with Crippen LogP contribution in [-0.2, 0) is 4.79 Å². The third kappa shape index (κ3) is 3.77. The van der Waals surface area contributed by atoms with Crippen molar-refractivity contribution < 1.29 is 4.79 Å². The van der Waals surface area contributed by atoms with Crippen LogP contribution < -0.4 is 5.32 Å². The van der Waals surface area contributed by atoms with E-state index in [4.69, 9.17) is 4.98 Å². The summed E-state index contributed by atoms with van der Waals surface area (Å²) in [5.41, 5.74) is 4.17. The van der Waals surface area contributed by atoms with Crippen molar-refractivity contribution >= 4 is 33.1 Å². The molecule has 3 nitrogen and oxygen atoms in total. The lowest BCUT2D eigenvalue weighted by Gasteiger charge is -2.07. The normalized spacial score (nSPS) is 11.1. The number of hydrogen-bond donors (Lipinski definition) is 1. The summed E-state index contributed by atoms with van der Waals surface area (Å²) >= 11 is 1.69. The molecule has 1 heterocycles. The fourth-order valence-corrected chi connectivity index (χ4v) is 3.39. The Hall–Kier alpha value is -2.20. The van der Waals surface area contributed by atoms with Gasteiger partial charge < -0.3 is 5.32 Å². The molecule has 2 aromatic carbocycles. The largest absolute Gasteiger partial charge is 0.326 e. The molecule has 23 heavy (non-hydrogen) atoms. The summed E-state index contributed by atoms with van der Waals surface area (Å²) in [5, 5.41) is 3.94. The van der Waals surface area contributed by atoms with Crippen molar-refractivity contribution in [2.45, 2.75) is 27.2 Å². The monoisotopic (exact) mass is 324 g/mol. The summed E-state index contributed by atoms with van der Waals surface area (Å²) in [6.07, 6.45) is 0.541. The maximum absolute atomic E-state index is 11.8. The Labute approximate surface area is 140 Å². The van der Waals surface area contributed by atoms with Crippen molar-refractivity contribution in [3.63, 3.8) is 0 Å². The highest BCUT2D eigenvalue weighted by molar-refractivity contribution is 7.21. The van der Waals surface area contributed by atoms with E-state index in [0.717, 1.165) is 21.8 Å². The number of hydrogen-bond acceptors (Lipinski definition) is 3. The zero-order valence-electron chi connectivity index (χ0n) is 13.6. The van der Waals surface area contributed by atoms with Crippen LogP contribution in [-0.4, -0.2) is 10.9 Å². The third-order valence-corrected chi connectivity index (χ3v) is 4.64. The van der Waals surface area contributed by atoms with E-state index in [1.807, 2.05) is 38.1 Å². The Bertz CT molecular complexity index is 834. The van der Waals surface area contributed by atoms with E-state index in [1.54, 1.807) is 11.3 Å². The van der Waals surface area contributed by atoms with Gasteiger partial charge in [-0.1, -0.05) is 19.9 Å². The van der Waals surface area contributed by atoms with Gasteiger partial charge in [-0.15, -0.1) is 11.3 Å². The van der Waals surface area contributed by atoms with Crippen LogP contribution in [0.4, 0.5) is 5.69 Å². The van der Waals surface area contributed by atoms with Crippen molar-refractivity contribution in [3.05, 3.63) is 48.0 Å². The molecule has 0 fully saturated rings. The van der Waals surface area contributed by atoms with Crippen molar-refractivity contribution in [2.75, 3.05) is 5.32 Å². The number of carbonyl (C=O) groups excluding carboxylic acids is 1. The lowest BCUT2D eigenvalue weighted by atomic mass is 10.1. The minimum Gasteiger partial charge on any atom is -0.326 e. The molecular formula is C19H20N2OS. The van der Waals surface area contributed by atoms with Gasteiger partial charge in [0.2, 0.25) is 5.91 Å². The summed E-state index contributed by atoms with van der Waals surface area (Å²) in [7, 11) is 0. The summed E-state index contributed by atoms with van der Waals surface area (Å²) in [5.74, 6) is 0.420. The number of anilines is 1. The van der Waals surface area contributed by atoms with Crippen molar-refractivity contribution in [2.24, 2.45) is 5.92 Å². The van der Waals surface area contributed by atoms with Gasteiger partial charge in [-0.3, -0.25) is 4.79 Å². The predicted molar refractivity (Wildman–Crippen MR) is 97.9 cm³/mol. The molecule has 1 amide bonds. The van der Waals surface area contributed by atoms with Crippen LogP contribution in [0.25, 0.3) is 20.8 Å². The van der Waals surface area contributed by atoms with Crippen molar-refractivity contribution in [1.29, 1.82) is 0 Å². The predicted octanol–water partition coefficient (Wildman–Crippen LogP) is 5.26. The van der Waals surface area contributed by atoms with Crippen LogP contribution >= 0.6 is 11.3 Å². The van der Waals surface area contributed by atoms with Crippen LogP contribution in [0, 0.1) is 12.8 Å². The number of rotatable bonds is 4. The molecule has 0 saturated heterocycles. The van der Waals surface area contributed by atoms with E-state index in [-0.39, 0.29) is 5.91 Å². The number of carbonyl (C=O) groups is 1. The number of nitrogens with zero attached hydrogens (tertiary/aromatic N) is 1. The maximum atomic E-state index is 11.8. The molecule has 0 unspecified atom stereocenters. The minimum atomic E-state index is 0.0585. The van der Waals surface area contributed by atoms with E-state index in [1.165, 1.54) is 10.3 Å². The Morgan fingerprint density at radius 2 is 1.91 bits per heavy atom. The SMILES string of the molecule is Cc1ccc2sc(-c3ccc(NC(=O)CC(C)C)cc3)nc2c1. The molecule has 0 aliphatic carbocycles. The van der Waals surface area contributed by atoms with Crippen molar-refractivity contribution in [1.82, 2.24) is 4.98 Å². The second-order valence-electron chi connectivity index (χ2n) is 6.21. The van der Waals surface area contributed by atoms with E-state index in [2.05, 4.69) is 30.4 Å². The first-order chi connectivity index (χ1) is 11.0. The van der Waals surface area contributed by atoms with Crippen LogP contribution in [0.1, 0.15) is 25.8 Å². The number of fused-ring (bicyclic) bond motifs is 1. The number of amides is 1. The van der Waals surface area contributed by atoms with E-state index < -0.39 is 0 Å². The Kier molecular flexibility index (Phi) is 4.44. The number of aryl methyl sites for hydroxylation is 1. The van der Waals surface area contributed by atoms with Gasteiger partial charge in [-0.2, -0.15) is 0 Å². The first kappa shape index (κ1) is 15.7. The summed E-state index contributed by atoms with van der Waals surface area (Å²) < 4.78 is 1.19. The lowest BCUT2D eigenvalue weighted by molar-refractivity contribution is -0.116.